The molecule has 1 aromatic rings. The summed E-state index contributed by atoms with van der Waals surface area (Å²) >= 11 is 0. The smallest absolute Gasteiger partial charge is 0.307 e. The normalized spacial score (nSPS) is 22.9. The van der Waals surface area contributed by atoms with Gasteiger partial charge in [0.1, 0.15) is 0 Å². The molecule has 3 nitrogen and oxygen atoms in total. The van der Waals surface area contributed by atoms with Crippen molar-refractivity contribution >= 4 is 5.97 Å². The van der Waals surface area contributed by atoms with Gasteiger partial charge in [0.15, 0.2) is 0 Å². The average Bonchev–Trinajstić information content (AvgIpc) is 2.58. The molecule has 1 aliphatic rings. The van der Waals surface area contributed by atoms with E-state index in [1.807, 2.05) is 25.1 Å². The van der Waals surface area contributed by atoms with Gasteiger partial charge in [0.25, 0.3) is 0 Å². The summed E-state index contributed by atoms with van der Waals surface area (Å²) in [6.07, 6.45) is 2.05. The van der Waals surface area contributed by atoms with Gasteiger partial charge in [-0.05, 0) is 30.9 Å². The summed E-state index contributed by atoms with van der Waals surface area (Å²) in [4.78, 5) is 11.5. The number of benzene rings is 1. The van der Waals surface area contributed by atoms with Crippen LogP contribution in [0, 0.1) is 0 Å². The molecular formula is C13H17NO2. The fourth-order valence-electron chi connectivity index (χ4n) is 2.37. The maximum absolute atomic E-state index is 11.5. The Kier molecular flexibility index (Phi) is 2.97. The van der Waals surface area contributed by atoms with Gasteiger partial charge in [0.05, 0.1) is 18.6 Å². The fraction of sp³-hybridized carbons (Fsp3) is 0.462. The second-order valence-electron chi connectivity index (χ2n) is 4.30. The number of hydrogen-bond donors (Lipinski definition) is 1. The Bertz CT molecular complexity index is 403. The van der Waals surface area contributed by atoms with Crippen LogP contribution < -0.4 is 5.73 Å². The van der Waals surface area contributed by atoms with Crippen molar-refractivity contribution in [1.82, 2.24) is 0 Å². The Morgan fingerprint density at radius 3 is 3.00 bits per heavy atom. The molecule has 0 radical (unpaired) electrons. The molecule has 0 aromatic heterocycles. The summed E-state index contributed by atoms with van der Waals surface area (Å²) in [5, 5.41) is 0. The van der Waals surface area contributed by atoms with E-state index in [0.717, 1.165) is 18.4 Å². The first-order valence-electron chi connectivity index (χ1n) is 5.68. The molecule has 2 N–H and O–H groups in total. The third-order valence-corrected chi connectivity index (χ3v) is 3.16. The van der Waals surface area contributed by atoms with Crippen LogP contribution in [0.1, 0.15) is 30.9 Å². The lowest BCUT2D eigenvalue weighted by Gasteiger charge is -2.24. The average molecular weight is 219 g/mol. The molecule has 0 unspecified atom stereocenters. The second-order valence-corrected chi connectivity index (χ2v) is 4.30. The number of carbonyl (C=O) groups is 1. The Balaban J connectivity index is 2.18. The third kappa shape index (κ3) is 1.95. The van der Waals surface area contributed by atoms with Crippen LogP contribution in [-0.2, 0) is 21.5 Å². The standard InChI is InChI=1S/C13H17NO2/c1-2-16-12(15)9-13(14)8-7-10-5-3-4-6-11(10)13/h3-6H,2,7-9,14H2,1H3/t13-/m0/s1. The molecule has 1 aromatic carbocycles. The van der Waals surface area contributed by atoms with E-state index in [0.29, 0.717) is 6.61 Å². The Labute approximate surface area is 95.6 Å². The summed E-state index contributed by atoms with van der Waals surface area (Å²) in [6.45, 7) is 2.22. The van der Waals surface area contributed by atoms with Crippen LogP contribution in [0.5, 0.6) is 0 Å². The minimum Gasteiger partial charge on any atom is -0.466 e. The van der Waals surface area contributed by atoms with Crippen LogP contribution >= 0.6 is 0 Å². The summed E-state index contributed by atoms with van der Waals surface area (Å²) in [7, 11) is 0. The van der Waals surface area contributed by atoms with E-state index in [1.54, 1.807) is 0 Å². The molecular weight excluding hydrogens is 202 g/mol. The van der Waals surface area contributed by atoms with Crippen LogP contribution in [0.4, 0.5) is 0 Å². The van der Waals surface area contributed by atoms with E-state index in [9.17, 15) is 4.79 Å². The molecule has 0 aliphatic heterocycles. The predicted octanol–water partition coefficient (Wildman–Crippen LogP) is 1.74. The molecule has 3 heteroatoms. The number of fused-ring (bicyclic) bond motifs is 1. The number of aryl methyl sites for hydroxylation is 1. The lowest BCUT2D eigenvalue weighted by Crippen LogP contribution is -2.37. The lowest BCUT2D eigenvalue weighted by atomic mass is 9.89. The van der Waals surface area contributed by atoms with E-state index in [-0.39, 0.29) is 12.4 Å². The van der Waals surface area contributed by atoms with Crippen molar-refractivity contribution in [3.05, 3.63) is 35.4 Å². The van der Waals surface area contributed by atoms with E-state index in [1.165, 1.54) is 5.56 Å². The van der Waals surface area contributed by atoms with E-state index >= 15 is 0 Å². The van der Waals surface area contributed by atoms with Gasteiger partial charge >= 0.3 is 5.97 Å². The van der Waals surface area contributed by atoms with Crippen molar-refractivity contribution < 1.29 is 9.53 Å². The maximum atomic E-state index is 11.5. The number of nitrogens with two attached hydrogens (primary N) is 1. The van der Waals surface area contributed by atoms with E-state index < -0.39 is 5.54 Å². The van der Waals surface area contributed by atoms with Gasteiger partial charge in [-0.2, -0.15) is 0 Å². The quantitative estimate of drug-likeness (QED) is 0.788. The first-order chi connectivity index (χ1) is 7.65. The molecule has 0 heterocycles. The van der Waals surface area contributed by atoms with Gasteiger partial charge in [-0.15, -0.1) is 0 Å². The highest BCUT2D eigenvalue weighted by atomic mass is 16.5. The summed E-state index contributed by atoms with van der Waals surface area (Å²) in [5.41, 5.74) is 8.13. The molecule has 0 amide bonds. The highest BCUT2D eigenvalue weighted by Gasteiger charge is 2.36. The number of rotatable bonds is 3. The Morgan fingerprint density at radius 2 is 2.25 bits per heavy atom. The van der Waals surface area contributed by atoms with Crippen molar-refractivity contribution in [1.29, 1.82) is 0 Å². The molecule has 0 fully saturated rings. The minimum absolute atomic E-state index is 0.207. The van der Waals surface area contributed by atoms with Crippen LogP contribution in [0.2, 0.25) is 0 Å². The van der Waals surface area contributed by atoms with Crippen LogP contribution in [0.3, 0.4) is 0 Å². The van der Waals surface area contributed by atoms with Crippen LogP contribution in [-0.4, -0.2) is 12.6 Å². The van der Waals surface area contributed by atoms with Gasteiger partial charge in [0, 0.05) is 0 Å². The van der Waals surface area contributed by atoms with Crippen molar-refractivity contribution in [3.63, 3.8) is 0 Å². The van der Waals surface area contributed by atoms with E-state index in [2.05, 4.69) is 6.07 Å². The molecule has 0 saturated carbocycles. The van der Waals surface area contributed by atoms with Gasteiger partial charge in [-0.1, -0.05) is 24.3 Å². The topological polar surface area (TPSA) is 52.3 Å². The highest BCUT2D eigenvalue weighted by Crippen LogP contribution is 2.37. The summed E-state index contributed by atoms with van der Waals surface area (Å²) in [6, 6.07) is 8.07. The monoisotopic (exact) mass is 219 g/mol. The van der Waals surface area contributed by atoms with Crippen LogP contribution in [0.15, 0.2) is 24.3 Å². The van der Waals surface area contributed by atoms with Gasteiger partial charge in [-0.3, -0.25) is 4.79 Å². The molecule has 1 atom stereocenters. The highest BCUT2D eigenvalue weighted by molar-refractivity contribution is 5.71. The molecule has 1 aliphatic carbocycles. The zero-order valence-electron chi connectivity index (χ0n) is 9.53. The summed E-state index contributed by atoms with van der Waals surface area (Å²) in [5.74, 6) is -0.207. The maximum Gasteiger partial charge on any atom is 0.307 e. The van der Waals surface area contributed by atoms with Crippen LogP contribution in [0.25, 0.3) is 0 Å². The minimum atomic E-state index is -0.525. The van der Waals surface area contributed by atoms with Crippen molar-refractivity contribution in [2.24, 2.45) is 5.73 Å². The molecule has 0 saturated heterocycles. The number of esters is 1. The van der Waals surface area contributed by atoms with Crippen molar-refractivity contribution in [2.75, 3.05) is 6.61 Å². The van der Waals surface area contributed by atoms with Gasteiger partial charge < -0.3 is 10.5 Å². The molecule has 0 bridgehead atoms. The Morgan fingerprint density at radius 1 is 1.50 bits per heavy atom. The Hall–Kier alpha value is -1.35. The van der Waals surface area contributed by atoms with Crippen molar-refractivity contribution in [3.8, 4) is 0 Å². The molecule has 16 heavy (non-hydrogen) atoms. The fourth-order valence-corrected chi connectivity index (χ4v) is 2.37. The molecule has 2 rings (SSSR count). The first kappa shape index (κ1) is 11.1. The number of hydrogen-bond acceptors (Lipinski definition) is 3. The zero-order valence-corrected chi connectivity index (χ0v) is 9.53. The third-order valence-electron chi connectivity index (χ3n) is 3.16. The second kappa shape index (κ2) is 4.26. The number of carbonyl (C=O) groups excluding carboxylic acids is 1. The zero-order chi connectivity index (χ0) is 11.6. The summed E-state index contributed by atoms with van der Waals surface area (Å²) < 4.78 is 4.97. The molecule has 0 spiro atoms. The first-order valence-corrected chi connectivity index (χ1v) is 5.68. The SMILES string of the molecule is CCOC(=O)C[C@@]1(N)CCc2ccccc21. The number of ether oxygens (including phenoxy) is 1. The predicted molar refractivity (Wildman–Crippen MR) is 61.9 cm³/mol. The van der Waals surface area contributed by atoms with Crippen molar-refractivity contribution in [2.45, 2.75) is 31.7 Å². The largest absolute Gasteiger partial charge is 0.466 e. The molecule has 86 valence electrons. The van der Waals surface area contributed by atoms with Gasteiger partial charge in [-0.25, -0.2) is 0 Å². The van der Waals surface area contributed by atoms with Gasteiger partial charge in [0.2, 0.25) is 0 Å². The van der Waals surface area contributed by atoms with E-state index in [4.69, 9.17) is 10.5 Å². The lowest BCUT2D eigenvalue weighted by molar-refractivity contribution is -0.144.